The number of non-ortho nitro benzene ring substituents is 1. The van der Waals surface area contributed by atoms with Gasteiger partial charge in [-0.05, 0) is 48.9 Å². The van der Waals surface area contributed by atoms with Gasteiger partial charge in [0.2, 0.25) is 0 Å². The highest BCUT2D eigenvalue weighted by Crippen LogP contribution is 2.31. The van der Waals surface area contributed by atoms with Crippen LogP contribution in [0.5, 0.6) is 5.75 Å². The van der Waals surface area contributed by atoms with Crippen molar-refractivity contribution in [1.29, 1.82) is 0 Å². The summed E-state index contributed by atoms with van der Waals surface area (Å²) in [5.41, 5.74) is 2.99. The fourth-order valence-corrected chi connectivity index (χ4v) is 2.84. The molecule has 0 radical (unpaired) electrons. The highest BCUT2D eigenvalue weighted by atomic mass is 16.6. The van der Waals surface area contributed by atoms with Gasteiger partial charge in [0, 0.05) is 18.1 Å². The van der Waals surface area contributed by atoms with Gasteiger partial charge in [-0.3, -0.25) is 15.1 Å². The lowest BCUT2D eigenvalue weighted by atomic mass is 9.94. The summed E-state index contributed by atoms with van der Waals surface area (Å²) in [6.45, 7) is 4.24. The predicted octanol–water partition coefficient (Wildman–Crippen LogP) is 3.85. The Morgan fingerprint density at radius 2 is 1.71 bits per heavy atom. The Morgan fingerprint density at radius 3 is 2.25 bits per heavy atom. The van der Waals surface area contributed by atoms with Crippen LogP contribution in [0.1, 0.15) is 19.4 Å². The van der Waals surface area contributed by atoms with Crippen molar-refractivity contribution in [2.45, 2.75) is 19.9 Å². The third kappa shape index (κ3) is 2.82. The number of hydrogen-bond donors (Lipinski definition) is 0. The van der Waals surface area contributed by atoms with Crippen molar-refractivity contribution in [2.75, 3.05) is 12.1 Å². The second-order valence-corrected chi connectivity index (χ2v) is 5.86. The SMILES string of the molecule is COc1ccc(C2=NN(c3ccc([N+](=O)[O-])cc3)C(C)C2C)cc1. The minimum atomic E-state index is -0.397. The molecule has 2 aromatic carbocycles. The average molecular weight is 325 g/mol. The molecule has 6 nitrogen and oxygen atoms in total. The van der Waals surface area contributed by atoms with Gasteiger partial charge in [-0.2, -0.15) is 5.10 Å². The van der Waals surface area contributed by atoms with Crippen molar-refractivity contribution < 1.29 is 9.66 Å². The van der Waals surface area contributed by atoms with Crippen LogP contribution in [0.2, 0.25) is 0 Å². The molecule has 2 unspecified atom stereocenters. The van der Waals surface area contributed by atoms with E-state index in [1.807, 2.05) is 29.3 Å². The zero-order chi connectivity index (χ0) is 17.3. The molecule has 0 saturated carbocycles. The maximum absolute atomic E-state index is 10.8. The molecule has 1 aliphatic rings. The van der Waals surface area contributed by atoms with Crippen molar-refractivity contribution in [3.63, 3.8) is 0 Å². The van der Waals surface area contributed by atoms with E-state index in [1.54, 1.807) is 19.2 Å². The van der Waals surface area contributed by atoms with Gasteiger partial charge in [0.1, 0.15) is 5.75 Å². The molecule has 0 aromatic heterocycles. The van der Waals surface area contributed by atoms with Crippen LogP contribution in [0.4, 0.5) is 11.4 Å². The lowest BCUT2D eigenvalue weighted by Crippen LogP contribution is -2.28. The zero-order valence-electron chi connectivity index (χ0n) is 13.8. The van der Waals surface area contributed by atoms with E-state index in [2.05, 4.69) is 13.8 Å². The van der Waals surface area contributed by atoms with E-state index in [-0.39, 0.29) is 17.6 Å². The first kappa shape index (κ1) is 16.0. The minimum absolute atomic E-state index is 0.0815. The molecule has 1 heterocycles. The molecule has 24 heavy (non-hydrogen) atoms. The number of ether oxygens (including phenoxy) is 1. The third-order valence-electron chi connectivity index (χ3n) is 4.47. The van der Waals surface area contributed by atoms with E-state index in [0.29, 0.717) is 0 Å². The number of anilines is 1. The molecule has 0 aliphatic carbocycles. The number of nitrogens with zero attached hydrogens (tertiary/aromatic N) is 3. The standard InChI is InChI=1S/C18H19N3O3/c1-12-13(2)20(15-6-8-16(9-7-15)21(22)23)19-18(12)14-4-10-17(24-3)11-5-14/h4-13H,1-3H3. The molecule has 0 fully saturated rings. The number of nitro benzene ring substituents is 1. The summed E-state index contributed by atoms with van der Waals surface area (Å²) < 4.78 is 5.20. The number of hydrogen-bond acceptors (Lipinski definition) is 5. The average Bonchev–Trinajstić information content (AvgIpc) is 2.90. The fraction of sp³-hybridized carbons (Fsp3) is 0.278. The first-order valence-electron chi connectivity index (χ1n) is 7.78. The van der Waals surface area contributed by atoms with E-state index in [0.717, 1.165) is 22.7 Å². The molecule has 0 spiro atoms. The van der Waals surface area contributed by atoms with E-state index in [9.17, 15) is 10.1 Å². The van der Waals surface area contributed by atoms with Gasteiger partial charge in [0.25, 0.3) is 5.69 Å². The largest absolute Gasteiger partial charge is 0.497 e. The van der Waals surface area contributed by atoms with Crippen LogP contribution in [0.25, 0.3) is 0 Å². The molecule has 1 aliphatic heterocycles. The maximum Gasteiger partial charge on any atom is 0.269 e. The van der Waals surface area contributed by atoms with Crippen LogP contribution in [-0.2, 0) is 0 Å². The third-order valence-corrected chi connectivity index (χ3v) is 4.47. The van der Waals surface area contributed by atoms with Crippen molar-refractivity contribution in [2.24, 2.45) is 11.0 Å². The number of benzene rings is 2. The van der Waals surface area contributed by atoms with Crippen molar-refractivity contribution in [3.05, 3.63) is 64.2 Å². The van der Waals surface area contributed by atoms with E-state index in [4.69, 9.17) is 9.84 Å². The fourth-order valence-electron chi connectivity index (χ4n) is 2.84. The number of methoxy groups -OCH3 is 1. The van der Waals surface area contributed by atoms with Gasteiger partial charge in [0.15, 0.2) is 0 Å². The first-order chi connectivity index (χ1) is 11.5. The summed E-state index contributed by atoms with van der Waals surface area (Å²) in [7, 11) is 1.64. The van der Waals surface area contributed by atoms with Gasteiger partial charge in [-0.25, -0.2) is 0 Å². The van der Waals surface area contributed by atoms with Crippen LogP contribution >= 0.6 is 0 Å². The summed E-state index contributed by atoms with van der Waals surface area (Å²) in [5.74, 6) is 1.05. The van der Waals surface area contributed by atoms with E-state index >= 15 is 0 Å². The van der Waals surface area contributed by atoms with Crippen molar-refractivity contribution in [3.8, 4) is 5.75 Å². The maximum atomic E-state index is 10.8. The molecule has 2 aromatic rings. The highest BCUT2D eigenvalue weighted by Gasteiger charge is 2.32. The number of hydrazone groups is 1. The molecule has 124 valence electrons. The zero-order valence-corrected chi connectivity index (χ0v) is 13.8. The molecule has 0 saturated heterocycles. The summed E-state index contributed by atoms with van der Waals surface area (Å²) in [4.78, 5) is 10.4. The smallest absolute Gasteiger partial charge is 0.269 e. The first-order valence-corrected chi connectivity index (χ1v) is 7.78. The summed E-state index contributed by atoms with van der Waals surface area (Å²) in [6.07, 6.45) is 0. The van der Waals surface area contributed by atoms with Crippen molar-refractivity contribution >= 4 is 17.1 Å². The highest BCUT2D eigenvalue weighted by molar-refractivity contribution is 6.04. The predicted molar refractivity (Wildman–Crippen MR) is 93.7 cm³/mol. The quantitative estimate of drug-likeness (QED) is 0.632. The van der Waals surface area contributed by atoms with E-state index in [1.165, 1.54) is 12.1 Å². The van der Waals surface area contributed by atoms with Crippen LogP contribution < -0.4 is 9.75 Å². The van der Waals surface area contributed by atoms with Crippen LogP contribution in [0, 0.1) is 16.0 Å². The van der Waals surface area contributed by atoms with Gasteiger partial charge in [-0.15, -0.1) is 0 Å². The van der Waals surface area contributed by atoms with Crippen LogP contribution in [0.3, 0.4) is 0 Å². The Kier molecular flexibility index (Phi) is 4.20. The molecule has 0 N–H and O–H groups in total. The number of nitro groups is 1. The molecule has 0 bridgehead atoms. The Labute approximate surface area is 140 Å². The molecule has 0 amide bonds. The van der Waals surface area contributed by atoms with Crippen molar-refractivity contribution in [1.82, 2.24) is 0 Å². The Hall–Kier alpha value is -2.89. The van der Waals surface area contributed by atoms with Gasteiger partial charge >= 0.3 is 0 Å². The molecular formula is C18H19N3O3. The Bertz CT molecular complexity index is 769. The monoisotopic (exact) mass is 325 g/mol. The molecular weight excluding hydrogens is 306 g/mol. The summed E-state index contributed by atoms with van der Waals surface area (Å²) >= 11 is 0. The lowest BCUT2D eigenvalue weighted by molar-refractivity contribution is -0.384. The Morgan fingerprint density at radius 1 is 1.08 bits per heavy atom. The van der Waals surface area contributed by atoms with Crippen LogP contribution in [-0.4, -0.2) is 23.8 Å². The van der Waals surface area contributed by atoms with Gasteiger partial charge in [0.05, 0.1) is 29.5 Å². The topological polar surface area (TPSA) is 68.0 Å². The van der Waals surface area contributed by atoms with E-state index < -0.39 is 4.92 Å². The Balaban J connectivity index is 1.91. The second-order valence-electron chi connectivity index (χ2n) is 5.86. The normalized spacial score (nSPS) is 20.0. The molecule has 6 heteroatoms. The minimum Gasteiger partial charge on any atom is -0.497 e. The summed E-state index contributed by atoms with van der Waals surface area (Å²) in [5, 5.41) is 17.5. The van der Waals surface area contributed by atoms with Gasteiger partial charge in [-0.1, -0.05) is 6.92 Å². The van der Waals surface area contributed by atoms with Crippen LogP contribution in [0.15, 0.2) is 53.6 Å². The number of rotatable bonds is 4. The summed E-state index contributed by atoms with van der Waals surface area (Å²) in [6, 6.07) is 14.5. The molecule has 3 rings (SSSR count). The lowest BCUT2D eigenvalue weighted by Gasteiger charge is -2.22. The second kappa shape index (κ2) is 6.31. The molecule has 2 atom stereocenters. The van der Waals surface area contributed by atoms with Gasteiger partial charge < -0.3 is 4.74 Å².